The Kier molecular flexibility index (Phi) is 6.63. The van der Waals surface area contributed by atoms with Crippen molar-refractivity contribution in [3.05, 3.63) is 89.8 Å². The number of carbonyl (C=O) groups is 1. The first-order valence-corrected chi connectivity index (χ1v) is 10.6. The van der Waals surface area contributed by atoms with E-state index >= 15 is 0 Å². The topological polar surface area (TPSA) is 121 Å². The number of hydrogen-bond acceptors (Lipinski definition) is 8. The first-order chi connectivity index (χ1) is 16.4. The number of ketones is 1. The van der Waals surface area contributed by atoms with Crippen LogP contribution in [0.3, 0.4) is 0 Å². The van der Waals surface area contributed by atoms with Crippen LogP contribution in [0.25, 0.3) is 17.2 Å². The Bertz CT molecular complexity index is 1320. The molecule has 3 N–H and O–H groups in total. The molecule has 1 unspecified atom stereocenters. The van der Waals surface area contributed by atoms with Crippen LogP contribution >= 0.6 is 0 Å². The summed E-state index contributed by atoms with van der Waals surface area (Å²) in [5, 5.41) is 7.53. The van der Waals surface area contributed by atoms with Gasteiger partial charge in [-0.25, -0.2) is 4.98 Å². The minimum atomic E-state index is -0.995. The first-order valence-electron chi connectivity index (χ1n) is 10.6. The molecule has 0 amide bonds. The van der Waals surface area contributed by atoms with E-state index in [-0.39, 0.29) is 23.1 Å². The van der Waals surface area contributed by atoms with E-state index in [2.05, 4.69) is 25.4 Å². The summed E-state index contributed by atoms with van der Waals surface area (Å²) in [6, 6.07) is 15.8. The fourth-order valence-electron chi connectivity index (χ4n) is 3.49. The molecule has 0 aliphatic heterocycles. The summed E-state index contributed by atoms with van der Waals surface area (Å²) in [5.41, 5.74) is 9.85. The second-order valence-corrected chi connectivity index (χ2v) is 7.65. The Balaban J connectivity index is 1.78. The first kappa shape index (κ1) is 22.7. The lowest BCUT2D eigenvalue weighted by molar-refractivity contribution is 0.0976. The van der Waals surface area contributed by atoms with Crippen LogP contribution in [-0.2, 0) is 7.05 Å². The molecule has 9 nitrogen and oxygen atoms in total. The molecule has 0 saturated carbocycles. The normalized spacial score (nSPS) is 12.3. The minimum absolute atomic E-state index is 0.213. The number of ether oxygens (including phenoxy) is 1. The van der Waals surface area contributed by atoms with Crippen molar-refractivity contribution in [3.8, 4) is 17.0 Å². The van der Waals surface area contributed by atoms with Gasteiger partial charge in [-0.15, -0.1) is 0 Å². The van der Waals surface area contributed by atoms with Crippen molar-refractivity contribution in [2.45, 2.75) is 13.0 Å². The highest BCUT2D eigenvalue weighted by Crippen LogP contribution is 2.25. The molecule has 3 heterocycles. The zero-order chi connectivity index (χ0) is 24.1. The second-order valence-electron chi connectivity index (χ2n) is 7.65. The molecule has 1 aromatic carbocycles. The predicted molar refractivity (Wildman–Crippen MR) is 130 cm³/mol. The Labute approximate surface area is 197 Å². The van der Waals surface area contributed by atoms with Crippen LogP contribution in [0.4, 0.5) is 5.95 Å². The number of pyridine rings is 1. The van der Waals surface area contributed by atoms with Gasteiger partial charge in [-0.05, 0) is 30.7 Å². The summed E-state index contributed by atoms with van der Waals surface area (Å²) in [6.07, 6.45) is 5.11. The number of nitrogens with one attached hydrogen (secondary N) is 1. The number of Topliss-reactive ketones (excluding diaryl/α,β-unsaturated/α-hetero) is 1. The van der Waals surface area contributed by atoms with Gasteiger partial charge >= 0.3 is 0 Å². The maximum absolute atomic E-state index is 13.9. The summed E-state index contributed by atoms with van der Waals surface area (Å²) in [4.78, 5) is 26.9. The van der Waals surface area contributed by atoms with Crippen LogP contribution in [0.1, 0.15) is 21.9 Å². The number of nitrogens with zero attached hydrogens (tertiary/aromatic N) is 5. The van der Waals surface area contributed by atoms with Crippen molar-refractivity contribution in [1.29, 1.82) is 0 Å². The van der Waals surface area contributed by atoms with Crippen molar-refractivity contribution >= 4 is 17.8 Å². The van der Waals surface area contributed by atoms with Crippen molar-refractivity contribution < 1.29 is 9.53 Å². The lowest BCUT2D eigenvalue weighted by atomic mass is 9.99. The van der Waals surface area contributed by atoms with Gasteiger partial charge in [-0.2, -0.15) is 10.1 Å². The SMILES string of the molecule is COc1cc(C)nc(NC(C(=O)c2nn(C)cc2-c2ccccc2)C(N)=Cc2ccccn2)n1. The lowest BCUT2D eigenvalue weighted by Gasteiger charge is -2.19. The highest BCUT2D eigenvalue weighted by molar-refractivity contribution is 6.07. The minimum Gasteiger partial charge on any atom is -0.481 e. The standard InChI is InChI=1S/C25H25N7O2/c1-16-13-21(34-3)29-25(28-16)30-23(20(26)14-18-11-7-8-12-27-18)24(33)22-19(15-32(2)31-22)17-9-5-4-6-10-17/h4-15,23H,26H2,1-3H3,(H,28,29,30). The molecular formula is C25H25N7O2. The quantitative estimate of drug-likeness (QED) is 0.389. The van der Waals surface area contributed by atoms with Gasteiger partial charge in [0.1, 0.15) is 11.7 Å². The molecule has 3 aromatic heterocycles. The summed E-state index contributed by atoms with van der Waals surface area (Å²) in [5.74, 6) is 0.259. The van der Waals surface area contributed by atoms with E-state index in [1.54, 1.807) is 42.2 Å². The molecule has 4 aromatic rings. The number of anilines is 1. The van der Waals surface area contributed by atoms with Gasteiger partial charge in [-0.3, -0.25) is 14.5 Å². The van der Waals surface area contributed by atoms with Gasteiger partial charge in [0.2, 0.25) is 17.6 Å². The van der Waals surface area contributed by atoms with Crippen LogP contribution < -0.4 is 15.8 Å². The Hall–Kier alpha value is -4.53. The van der Waals surface area contributed by atoms with E-state index in [0.29, 0.717) is 22.8 Å². The molecule has 9 heteroatoms. The monoisotopic (exact) mass is 455 g/mol. The van der Waals surface area contributed by atoms with Crippen LogP contribution in [0.2, 0.25) is 0 Å². The Morgan fingerprint density at radius 3 is 2.62 bits per heavy atom. The molecule has 1 atom stereocenters. The number of benzene rings is 1. The van der Waals surface area contributed by atoms with E-state index < -0.39 is 6.04 Å². The molecule has 0 spiro atoms. The van der Waals surface area contributed by atoms with E-state index in [1.165, 1.54) is 7.11 Å². The molecular weight excluding hydrogens is 430 g/mol. The van der Waals surface area contributed by atoms with Gasteiger partial charge in [-0.1, -0.05) is 36.4 Å². The van der Waals surface area contributed by atoms with Gasteiger partial charge < -0.3 is 15.8 Å². The fraction of sp³-hybridized carbons (Fsp3) is 0.160. The Morgan fingerprint density at radius 2 is 1.91 bits per heavy atom. The van der Waals surface area contributed by atoms with E-state index in [0.717, 1.165) is 5.56 Å². The number of aryl methyl sites for hydroxylation is 2. The number of aromatic nitrogens is 5. The lowest BCUT2D eigenvalue weighted by Crippen LogP contribution is -2.36. The molecule has 172 valence electrons. The van der Waals surface area contributed by atoms with Crippen LogP contribution in [0.15, 0.2) is 72.7 Å². The van der Waals surface area contributed by atoms with E-state index in [4.69, 9.17) is 10.5 Å². The number of hydrogen-bond donors (Lipinski definition) is 2. The third-order valence-electron chi connectivity index (χ3n) is 5.06. The molecule has 0 radical (unpaired) electrons. The molecule has 0 saturated heterocycles. The molecule has 0 fully saturated rings. The highest BCUT2D eigenvalue weighted by Gasteiger charge is 2.29. The molecule has 0 aliphatic carbocycles. The zero-order valence-electron chi connectivity index (χ0n) is 19.1. The third-order valence-corrected chi connectivity index (χ3v) is 5.06. The Morgan fingerprint density at radius 1 is 1.15 bits per heavy atom. The summed E-state index contributed by atoms with van der Waals surface area (Å²) < 4.78 is 6.86. The number of nitrogens with two attached hydrogens (primary N) is 1. The summed E-state index contributed by atoms with van der Waals surface area (Å²) >= 11 is 0. The van der Waals surface area contributed by atoms with Crippen LogP contribution in [0, 0.1) is 6.92 Å². The summed E-state index contributed by atoms with van der Waals surface area (Å²) in [6.45, 7) is 1.81. The summed E-state index contributed by atoms with van der Waals surface area (Å²) in [7, 11) is 3.29. The average Bonchev–Trinajstić information content (AvgIpc) is 3.24. The van der Waals surface area contributed by atoms with Crippen LogP contribution in [0.5, 0.6) is 5.88 Å². The van der Waals surface area contributed by atoms with Crippen LogP contribution in [-0.4, -0.2) is 43.7 Å². The van der Waals surface area contributed by atoms with Gasteiger partial charge in [0.15, 0.2) is 0 Å². The molecule has 34 heavy (non-hydrogen) atoms. The smallest absolute Gasteiger partial charge is 0.227 e. The van der Waals surface area contributed by atoms with Crippen molar-refractivity contribution in [1.82, 2.24) is 24.7 Å². The molecule has 0 bridgehead atoms. The highest BCUT2D eigenvalue weighted by atomic mass is 16.5. The zero-order valence-corrected chi connectivity index (χ0v) is 19.1. The van der Waals surface area contributed by atoms with Crippen molar-refractivity contribution in [3.63, 3.8) is 0 Å². The van der Waals surface area contributed by atoms with E-state index in [1.807, 2.05) is 49.5 Å². The maximum atomic E-state index is 13.9. The largest absolute Gasteiger partial charge is 0.481 e. The maximum Gasteiger partial charge on any atom is 0.227 e. The number of rotatable bonds is 8. The fourth-order valence-corrected chi connectivity index (χ4v) is 3.49. The third kappa shape index (κ3) is 5.09. The van der Waals surface area contributed by atoms with E-state index in [9.17, 15) is 4.79 Å². The van der Waals surface area contributed by atoms with Crippen molar-refractivity contribution in [2.24, 2.45) is 12.8 Å². The van der Waals surface area contributed by atoms with Gasteiger partial charge in [0, 0.05) is 42.5 Å². The second kappa shape index (κ2) is 9.95. The number of carbonyl (C=O) groups excluding carboxylic acids is 1. The number of methoxy groups -OCH3 is 1. The predicted octanol–water partition coefficient (Wildman–Crippen LogP) is 3.25. The molecule has 4 rings (SSSR count). The average molecular weight is 456 g/mol. The molecule has 0 aliphatic rings. The van der Waals surface area contributed by atoms with Crippen molar-refractivity contribution in [2.75, 3.05) is 12.4 Å². The van der Waals surface area contributed by atoms with Gasteiger partial charge in [0.25, 0.3) is 0 Å². The van der Waals surface area contributed by atoms with Gasteiger partial charge in [0.05, 0.1) is 12.8 Å².